The molecule has 5 aromatic carbocycles. The van der Waals surface area contributed by atoms with Crippen molar-refractivity contribution in [3.8, 4) is 17.3 Å². The van der Waals surface area contributed by atoms with Crippen LogP contribution in [0.5, 0.6) is 11.5 Å². The molecule has 5 heterocycles. The molecule has 6 nitrogen and oxygen atoms in total. The zero-order valence-electron chi connectivity index (χ0n) is 30.8. The summed E-state index contributed by atoms with van der Waals surface area (Å²) in [6.07, 6.45) is 1.92. The summed E-state index contributed by atoms with van der Waals surface area (Å²) in [5.74, 6) is 2.81. The number of nitrogens with zero attached hydrogens (tertiary/aromatic N) is 4. The van der Waals surface area contributed by atoms with Crippen molar-refractivity contribution in [2.75, 3.05) is 9.80 Å². The van der Waals surface area contributed by atoms with Gasteiger partial charge in [-0.2, -0.15) is 12.1 Å². The average molecular weight is 905 g/mol. The fraction of sp³-hybridized carbons (Fsp3) is 0.174. The van der Waals surface area contributed by atoms with E-state index in [1.54, 1.807) is 0 Å². The molecule has 0 fully saturated rings. The van der Waals surface area contributed by atoms with Crippen LogP contribution in [-0.4, -0.2) is 15.1 Å². The minimum atomic E-state index is -0.171. The number of fused-ring (bicyclic) bond motifs is 10. The molecule has 0 spiro atoms. The van der Waals surface area contributed by atoms with Crippen molar-refractivity contribution in [3.05, 3.63) is 134 Å². The van der Waals surface area contributed by atoms with Gasteiger partial charge in [-0.05, 0) is 73.5 Å². The molecular formula is C46H37N4O2PtS-3. The maximum absolute atomic E-state index is 6.61. The number of rotatable bonds is 4. The number of hydrogen-bond acceptors (Lipinski definition) is 6. The number of pyridine rings is 1. The van der Waals surface area contributed by atoms with Crippen molar-refractivity contribution in [2.24, 2.45) is 0 Å². The number of benzene rings is 5. The van der Waals surface area contributed by atoms with Gasteiger partial charge in [0.05, 0.1) is 11.2 Å². The summed E-state index contributed by atoms with van der Waals surface area (Å²) in [6.45, 7) is 15.4. The third-order valence-corrected chi connectivity index (χ3v) is 11.3. The van der Waals surface area contributed by atoms with Crippen LogP contribution in [0.1, 0.15) is 47.1 Å². The van der Waals surface area contributed by atoms with E-state index in [1.807, 2.05) is 53.9 Å². The minimum absolute atomic E-state index is 0. The number of hydrogen-bond donors (Lipinski definition) is 0. The van der Waals surface area contributed by atoms with Crippen molar-refractivity contribution in [3.63, 3.8) is 0 Å². The van der Waals surface area contributed by atoms with Crippen molar-refractivity contribution >= 4 is 81.5 Å². The summed E-state index contributed by atoms with van der Waals surface area (Å²) >= 11 is 1.82. The minimum Gasteiger partial charge on any atom is -0.509 e. The third kappa shape index (κ3) is 5.43. The zero-order chi connectivity index (χ0) is 36.2. The summed E-state index contributed by atoms with van der Waals surface area (Å²) in [5, 5.41) is 5.81. The molecule has 0 atom stereocenters. The van der Waals surface area contributed by atoms with E-state index in [4.69, 9.17) is 14.1 Å². The maximum Gasteiger partial charge on any atom is 0.192 e. The van der Waals surface area contributed by atoms with Gasteiger partial charge in [-0.15, -0.1) is 53.7 Å². The first-order valence-corrected chi connectivity index (χ1v) is 18.8. The molecule has 0 saturated heterocycles. The van der Waals surface area contributed by atoms with Crippen LogP contribution in [0.3, 0.4) is 0 Å². The monoisotopic (exact) mass is 904 g/mol. The second kappa shape index (κ2) is 12.5. The smallest absolute Gasteiger partial charge is 0.192 e. The summed E-state index contributed by atoms with van der Waals surface area (Å²) in [7, 11) is 0. The Bertz CT molecular complexity index is 2910. The largest absolute Gasteiger partial charge is 0.509 e. The van der Waals surface area contributed by atoms with Gasteiger partial charge in [0.2, 0.25) is 0 Å². The summed E-state index contributed by atoms with van der Waals surface area (Å²) < 4.78 is 17.8. The molecule has 0 bridgehead atoms. The Morgan fingerprint density at radius 1 is 0.741 bits per heavy atom. The van der Waals surface area contributed by atoms with E-state index in [9.17, 15) is 0 Å². The molecule has 272 valence electrons. The van der Waals surface area contributed by atoms with Crippen LogP contribution in [0.15, 0.2) is 114 Å². The molecule has 9 aromatic rings. The molecule has 0 saturated carbocycles. The van der Waals surface area contributed by atoms with Crippen LogP contribution >= 0.6 is 11.3 Å². The first-order valence-electron chi connectivity index (χ1n) is 18.0. The second-order valence-corrected chi connectivity index (χ2v) is 16.9. The summed E-state index contributed by atoms with van der Waals surface area (Å²) in [4.78, 5) is 9.30. The van der Waals surface area contributed by atoms with Gasteiger partial charge in [0.1, 0.15) is 11.4 Å². The average Bonchev–Trinajstić information content (AvgIpc) is 3.89. The van der Waals surface area contributed by atoms with Gasteiger partial charge in [-0.1, -0.05) is 68.4 Å². The van der Waals surface area contributed by atoms with Crippen LogP contribution < -0.4 is 14.5 Å². The number of ether oxygens (including phenoxy) is 1. The summed E-state index contributed by atoms with van der Waals surface area (Å²) in [6, 6.07) is 43.0. The SMILES string of the molecule is CC(C)(C)c1ccnc(-n2c3[c-]c(Oc4[c-]c(N5[CH-]N(C(C)(C)C)c6c5oc5ccccc65)ccc4)ccc3c3ccc4sc5ccccc5c4c32)c1.[Pt]. The van der Waals surface area contributed by atoms with Crippen molar-refractivity contribution < 1.29 is 30.2 Å². The number of para-hydroxylation sites is 1. The number of anilines is 3. The van der Waals surface area contributed by atoms with Crippen LogP contribution in [0.4, 0.5) is 17.3 Å². The topological polar surface area (TPSA) is 46.7 Å². The Kier molecular flexibility index (Phi) is 8.00. The van der Waals surface area contributed by atoms with Crippen LogP contribution in [0.25, 0.3) is 58.8 Å². The Labute approximate surface area is 332 Å². The van der Waals surface area contributed by atoms with E-state index in [2.05, 4.69) is 141 Å². The van der Waals surface area contributed by atoms with E-state index < -0.39 is 0 Å². The predicted molar refractivity (Wildman–Crippen MR) is 219 cm³/mol. The second-order valence-electron chi connectivity index (χ2n) is 15.8. The predicted octanol–water partition coefficient (Wildman–Crippen LogP) is 12.9. The standard InChI is InChI=1S/C46H37N4O2S.Pt/c1-45(2,3)28-22-23-47-40(24-28)50-36-26-31(18-19-32(36)33-20-21-39-41(42(33)50)35-15-8-10-17-38(35)53-39)51-30-13-11-12-29(25-30)48-27-49(46(4,5)6)43-34-14-7-9-16-37(34)52-44(43)48;/h7-24,27H,1-6H3;/q-3;. The van der Waals surface area contributed by atoms with Gasteiger partial charge in [0, 0.05) is 69.9 Å². The van der Waals surface area contributed by atoms with Crippen LogP contribution in [0, 0.1) is 18.8 Å². The molecule has 0 N–H and O–H groups in total. The Balaban J connectivity index is 0.00000384. The third-order valence-electron chi connectivity index (χ3n) is 10.2. The van der Waals surface area contributed by atoms with E-state index in [0.29, 0.717) is 11.5 Å². The summed E-state index contributed by atoms with van der Waals surface area (Å²) in [5.41, 5.74) is 5.77. The Morgan fingerprint density at radius 3 is 2.31 bits per heavy atom. The van der Waals surface area contributed by atoms with Crippen LogP contribution in [0.2, 0.25) is 0 Å². The van der Waals surface area contributed by atoms with Crippen molar-refractivity contribution in [1.82, 2.24) is 9.55 Å². The molecule has 8 heteroatoms. The molecule has 0 unspecified atom stereocenters. The van der Waals surface area contributed by atoms with Gasteiger partial charge in [0.25, 0.3) is 0 Å². The Morgan fingerprint density at radius 2 is 1.50 bits per heavy atom. The Hall–Kier alpha value is -5.10. The van der Waals surface area contributed by atoms with E-state index in [0.717, 1.165) is 55.9 Å². The van der Waals surface area contributed by atoms with E-state index in [1.165, 1.54) is 25.7 Å². The van der Waals surface area contributed by atoms with Gasteiger partial charge in [-0.25, -0.2) is 4.98 Å². The molecular weight excluding hydrogens is 868 g/mol. The molecule has 1 aliphatic rings. The molecule has 10 rings (SSSR count). The molecule has 0 radical (unpaired) electrons. The fourth-order valence-electron chi connectivity index (χ4n) is 7.59. The van der Waals surface area contributed by atoms with Crippen molar-refractivity contribution in [1.29, 1.82) is 0 Å². The first-order chi connectivity index (χ1) is 25.5. The molecule has 54 heavy (non-hydrogen) atoms. The van der Waals surface area contributed by atoms with Gasteiger partial charge >= 0.3 is 0 Å². The normalized spacial score (nSPS) is 13.4. The molecule has 0 aliphatic carbocycles. The quantitative estimate of drug-likeness (QED) is 0.165. The van der Waals surface area contributed by atoms with Gasteiger partial charge in [0.15, 0.2) is 5.88 Å². The number of aromatic nitrogens is 2. The van der Waals surface area contributed by atoms with Crippen LogP contribution in [-0.2, 0) is 26.5 Å². The number of thiophene rings is 1. The van der Waals surface area contributed by atoms with Gasteiger partial charge in [-0.3, -0.25) is 0 Å². The van der Waals surface area contributed by atoms with E-state index >= 15 is 0 Å². The maximum atomic E-state index is 6.61. The molecule has 0 amide bonds. The fourth-order valence-corrected chi connectivity index (χ4v) is 8.70. The number of furan rings is 1. The first kappa shape index (κ1) is 34.7. The van der Waals surface area contributed by atoms with E-state index in [-0.39, 0.29) is 32.0 Å². The van der Waals surface area contributed by atoms with Crippen molar-refractivity contribution in [2.45, 2.75) is 52.5 Å². The zero-order valence-corrected chi connectivity index (χ0v) is 33.9. The van der Waals surface area contributed by atoms with Gasteiger partial charge < -0.3 is 23.5 Å². The molecule has 4 aromatic heterocycles. The molecule has 1 aliphatic heterocycles.